The van der Waals surface area contributed by atoms with Crippen molar-refractivity contribution in [3.63, 3.8) is 0 Å². The van der Waals surface area contributed by atoms with Crippen molar-refractivity contribution in [2.45, 2.75) is 75.8 Å². The number of ether oxygens (including phenoxy) is 1. The van der Waals surface area contributed by atoms with Gasteiger partial charge in [-0.15, -0.1) is 0 Å². The summed E-state index contributed by atoms with van der Waals surface area (Å²) in [5, 5.41) is 42.6. The summed E-state index contributed by atoms with van der Waals surface area (Å²) in [5.41, 5.74) is 0. The number of amides is 2. The Morgan fingerprint density at radius 3 is 2.42 bits per heavy atom. The Labute approximate surface area is 153 Å². The molecule has 6 N–H and O–H groups in total. The van der Waals surface area contributed by atoms with Crippen LogP contribution in [0, 0.1) is 0 Å². The molecule has 0 radical (unpaired) electrons. The van der Waals surface area contributed by atoms with Crippen molar-refractivity contribution in [1.82, 2.24) is 10.6 Å². The first kappa shape index (κ1) is 22.8. The number of hydrogen-bond acceptors (Lipinski definition) is 7. The molecule has 1 aliphatic rings. The molecule has 0 saturated carbocycles. The van der Waals surface area contributed by atoms with Crippen LogP contribution in [0.5, 0.6) is 0 Å². The highest BCUT2D eigenvalue weighted by atomic mass is 16.5. The Kier molecular flexibility index (Phi) is 10.7. The van der Waals surface area contributed by atoms with E-state index in [-0.39, 0.29) is 44.2 Å². The molecule has 0 spiro atoms. The van der Waals surface area contributed by atoms with Gasteiger partial charge in [-0.3, -0.25) is 9.59 Å². The van der Waals surface area contributed by atoms with Crippen LogP contribution in [0.25, 0.3) is 0 Å². The van der Waals surface area contributed by atoms with E-state index >= 15 is 0 Å². The second-order valence-electron chi connectivity index (χ2n) is 6.74. The van der Waals surface area contributed by atoms with Crippen molar-refractivity contribution in [3.8, 4) is 0 Å². The zero-order valence-electron chi connectivity index (χ0n) is 15.3. The van der Waals surface area contributed by atoms with E-state index in [1.54, 1.807) is 0 Å². The molecular weight excluding hydrogens is 344 g/mol. The van der Waals surface area contributed by atoms with E-state index in [0.29, 0.717) is 19.3 Å². The third kappa shape index (κ3) is 7.96. The van der Waals surface area contributed by atoms with Crippen LogP contribution in [0.1, 0.15) is 45.4 Å². The van der Waals surface area contributed by atoms with Crippen LogP contribution in [0.3, 0.4) is 0 Å². The van der Waals surface area contributed by atoms with Crippen molar-refractivity contribution in [2.75, 3.05) is 19.8 Å². The second-order valence-corrected chi connectivity index (χ2v) is 6.74. The van der Waals surface area contributed by atoms with Crippen LogP contribution in [0.4, 0.5) is 0 Å². The molecule has 1 rings (SSSR count). The maximum atomic E-state index is 11.7. The fourth-order valence-corrected chi connectivity index (χ4v) is 3.10. The standard InChI is InChI=1S/C17H32N2O7/c1-11(23)18-17-14(24)7-13(10-22)26-15(17)5-3-2-4-6-16(25)19-12(8-20)9-21/h12-15,17,20-22,24H,2-10H2,1H3,(H,18,23)(H,19,25)/t13?,14-,15?,17?/m1/s1. The number of aliphatic hydroxyl groups excluding tert-OH is 4. The van der Waals surface area contributed by atoms with E-state index in [0.717, 1.165) is 12.8 Å². The van der Waals surface area contributed by atoms with Crippen LogP contribution in [-0.2, 0) is 14.3 Å². The Balaban J connectivity index is 2.35. The van der Waals surface area contributed by atoms with Gasteiger partial charge in [0.2, 0.25) is 11.8 Å². The molecule has 1 fully saturated rings. The highest BCUT2D eigenvalue weighted by Gasteiger charge is 2.37. The number of nitrogens with one attached hydrogen (secondary N) is 2. The molecule has 152 valence electrons. The predicted octanol–water partition coefficient (Wildman–Crippen LogP) is -1.58. The molecule has 0 aromatic rings. The number of hydrogen-bond donors (Lipinski definition) is 6. The Morgan fingerprint density at radius 1 is 1.15 bits per heavy atom. The molecular formula is C17H32N2O7. The molecule has 9 nitrogen and oxygen atoms in total. The van der Waals surface area contributed by atoms with Gasteiger partial charge >= 0.3 is 0 Å². The molecule has 0 aromatic heterocycles. The Morgan fingerprint density at radius 2 is 1.85 bits per heavy atom. The van der Waals surface area contributed by atoms with Gasteiger partial charge in [-0.2, -0.15) is 0 Å². The maximum absolute atomic E-state index is 11.7. The molecule has 2 amide bonds. The van der Waals surface area contributed by atoms with Crippen LogP contribution in [0.15, 0.2) is 0 Å². The molecule has 1 heterocycles. The van der Waals surface area contributed by atoms with Gasteiger partial charge in [-0.1, -0.05) is 12.8 Å². The van der Waals surface area contributed by atoms with Crippen molar-refractivity contribution >= 4 is 11.8 Å². The van der Waals surface area contributed by atoms with Crippen LogP contribution < -0.4 is 10.6 Å². The minimum atomic E-state index is -0.769. The van der Waals surface area contributed by atoms with Crippen molar-refractivity contribution in [1.29, 1.82) is 0 Å². The van der Waals surface area contributed by atoms with Gasteiger partial charge in [-0.05, 0) is 12.8 Å². The number of carbonyl (C=O) groups is 2. The van der Waals surface area contributed by atoms with Gasteiger partial charge in [-0.25, -0.2) is 0 Å². The fourth-order valence-electron chi connectivity index (χ4n) is 3.10. The van der Waals surface area contributed by atoms with E-state index in [4.69, 9.17) is 14.9 Å². The lowest BCUT2D eigenvalue weighted by Gasteiger charge is -2.39. The average molecular weight is 376 g/mol. The smallest absolute Gasteiger partial charge is 0.220 e. The summed E-state index contributed by atoms with van der Waals surface area (Å²) in [4.78, 5) is 23.0. The summed E-state index contributed by atoms with van der Waals surface area (Å²) in [5.74, 6) is -0.469. The highest BCUT2D eigenvalue weighted by molar-refractivity contribution is 5.76. The highest BCUT2D eigenvalue weighted by Crippen LogP contribution is 2.24. The van der Waals surface area contributed by atoms with Gasteiger partial charge in [0, 0.05) is 19.8 Å². The third-order valence-corrected chi connectivity index (χ3v) is 4.46. The topological polar surface area (TPSA) is 148 Å². The molecule has 3 unspecified atom stereocenters. The SMILES string of the molecule is CC(=O)NC1C(CCCCCC(=O)NC(CO)CO)OC(CO)C[C@H]1O. The normalized spacial score (nSPS) is 25.9. The van der Waals surface area contributed by atoms with Gasteiger partial charge in [0.25, 0.3) is 0 Å². The molecule has 4 atom stereocenters. The monoisotopic (exact) mass is 376 g/mol. The molecule has 0 bridgehead atoms. The third-order valence-electron chi connectivity index (χ3n) is 4.46. The summed E-state index contributed by atoms with van der Waals surface area (Å²) in [6.07, 6.45) is 1.68. The average Bonchev–Trinajstić information content (AvgIpc) is 2.61. The van der Waals surface area contributed by atoms with Gasteiger partial charge in [0.05, 0.1) is 50.2 Å². The first-order valence-corrected chi connectivity index (χ1v) is 9.13. The van der Waals surface area contributed by atoms with Crippen LogP contribution in [0.2, 0.25) is 0 Å². The largest absolute Gasteiger partial charge is 0.394 e. The summed E-state index contributed by atoms with van der Waals surface area (Å²) < 4.78 is 5.77. The first-order chi connectivity index (χ1) is 12.4. The number of unbranched alkanes of at least 4 members (excludes halogenated alkanes) is 2. The second kappa shape index (κ2) is 12.2. The van der Waals surface area contributed by atoms with Crippen molar-refractivity contribution < 1.29 is 34.8 Å². The lowest BCUT2D eigenvalue weighted by molar-refractivity contribution is -0.143. The van der Waals surface area contributed by atoms with Gasteiger partial charge in [0.15, 0.2) is 0 Å². The van der Waals surface area contributed by atoms with E-state index in [1.807, 2.05) is 0 Å². The van der Waals surface area contributed by atoms with E-state index in [2.05, 4.69) is 10.6 Å². The Hall–Kier alpha value is -1.26. The fraction of sp³-hybridized carbons (Fsp3) is 0.882. The first-order valence-electron chi connectivity index (χ1n) is 9.13. The molecule has 0 aliphatic carbocycles. The van der Waals surface area contributed by atoms with Crippen molar-refractivity contribution in [2.24, 2.45) is 0 Å². The van der Waals surface area contributed by atoms with Gasteiger partial charge < -0.3 is 35.8 Å². The summed E-state index contributed by atoms with van der Waals surface area (Å²) in [7, 11) is 0. The van der Waals surface area contributed by atoms with E-state index < -0.39 is 24.3 Å². The number of carbonyl (C=O) groups excluding carboxylic acids is 2. The van der Waals surface area contributed by atoms with Crippen LogP contribution in [-0.4, -0.2) is 82.5 Å². The predicted molar refractivity (Wildman–Crippen MR) is 93.2 cm³/mol. The molecule has 1 aliphatic heterocycles. The molecule has 26 heavy (non-hydrogen) atoms. The number of rotatable bonds is 11. The van der Waals surface area contributed by atoms with Gasteiger partial charge in [0.1, 0.15) is 0 Å². The molecule has 9 heteroatoms. The van der Waals surface area contributed by atoms with E-state index in [1.165, 1.54) is 6.92 Å². The molecule has 0 aromatic carbocycles. The minimum absolute atomic E-state index is 0.183. The summed E-state index contributed by atoms with van der Waals surface area (Å²) in [6, 6.07) is -1.14. The maximum Gasteiger partial charge on any atom is 0.220 e. The quantitative estimate of drug-likeness (QED) is 0.238. The summed E-state index contributed by atoms with van der Waals surface area (Å²) >= 11 is 0. The van der Waals surface area contributed by atoms with Crippen LogP contribution >= 0.6 is 0 Å². The van der Waals surface area contributed by atoms with Crippen molar-refractivity contribution in [3.05, 3.63) is 0 Å². The summed E-state index contributed by atoms with van der Waals surface area (Å²) in [6.45, 7) is 0.588. The Bertz CT molecular complexity index is 431. The lowest BCUT2D eigenvalue weighted by atomic mass is 9.92. The lowest BCUT2D eigenvalue weighted by Crippen LogP contribution is -2.57. The zero-order chi connectivity index (χ0) is 19.5. The molecule has 1 saturated heterocycles. The minimum Gasteiger partial charge on any atom is -0.394 e. The zero-order valence-corrected chi connectivity index (χ0v) is 15.3. The number of aliphatic hydroxyl groups is 4. The van der Waals surface area contributed by atoms with E-state index in [9.17, 15) is 19.8 Å².